The summed E-state index contributed by atoms with van der Waals surface area (Å²) in [5, 5.41) is 0. The summed E-state index contributed by atoms with van der Waals surface area (Å²) in [6, 6.07) is 16.6. The van der Waals surface area contributed by atoms with E-state index in [1.807, 2.05) is 29.2 Å². The first-order valence-electron chi connectivity index (χ1n) is 10.2. The van der Waals surface area contributed by atoms with Gasteiger partial charge in [0, 0.05) is 31.1 Å². The predicted octanol–water partition coefficient (Wildman–Crippen LogP) is 5.09. The van der Waals surface area contributed by atoms with Crippen molar-refractivity contribution in [3.05, 3.63) is 72.6 Å². The monoisotopic (exact) mass is 373 g/mol. The molecule has 28 heavy (non-hydrogen) atoms. The number of anilines is 1. The van der Waals surface area contributed by atoms with Gasteiger partial charge in [0.05, 0.1) is 11.0 Å². The maximum absolute atomic E-state index is 12.8. The molecule has 4 heteroatoms. The van der Waals surface area contributed by atoms with E-state index in [1.54, 1.807) is 0 Å². The summed E-state index contributed by atoms with van der Waals surface area (Å²) in [7, 11) is 0. The lowest BCUT2D eigenvalue weighted by atomic mass is 10.1. The number of carbonyl (C=O) groups is 1. The zero-order chi connectivity index (χ0) is 19.5. The highest BCUT2D eigenvalue weighted by atomic mass is 16.2. The number of carbonyl (C=O) groups excluding carboxylic acids is 1. The molecule has 3 aromatic rings. The molecule has 1 aromatic heterocycles. The second-order valence-electron chi connectivity index (χ2n) is 7.53. The summed E-state index contributed by atoms with van der Waals surface area (Å²) in [4.78, 5) is 19.5. The van der Waals surface area contributed by atoms with E-state index in [0.29, 0.717) is 19.5 Å². The van der Waals surface area contributed by atoms with E-state index >= 15 is 0 Å². The molecule has 144 valence electrons. The van der Waals surface area contributed by atoms with Crippen molar-refractivity contribution in [1.29, 1.82) is 0 Å². The minimum absolute atomic E-state index is 0.0969. The number of para-hydroxylation sites is 2. The van der Waals surface area contributed by atoms with Gasteiger partial charge in [-0.25, -0.2) is 4.98 Å². The molecule has 1 amide bonds. The zero-order valence-electron chi connectivity index (χ0n) is 16.5. The number of nitrogens with zero attached hydrogens (tertiary/aromatic N) is 3. The Hall–Kier alpha value is -2.88. The quantitative estimate of drug-likeness (QED) is 0.541. The van der Waals surface area contributed by atoms with Gasteiger partial charge in [-0.2, -0.15) is 0 Å². The maximum atomic E-state index is 12.8. The Kier molecular flexibility index (Phi) is 5.29. The van der Waals surface area contributed by atoms with Crippen LogP contribution >= 0.6 is 0 Å². The van der Waals surface area contributed by atoms with E-state index in [1.165, 1.54) is 18.4 Å². The van der Waals surface area contributed by atoms with Crippen LogP contribution in [0.25, 0.3) is 11.0 Å². The molecule has 0 unspecified atom stereocenters. The lowest BCUT2D eigenvalue weighted by Crippen LogP contribution is -2.24. The zero-order valence-corrected chi connectivity index (χ0v) is 16.5. The molecule has 4 nitrogen and oxygen atoms in total. The van der Waals surface area contributed by atoms with E-state index in [0.717, 1.165) is 29.0 Å². The SMILES string of the molecule is C=CCn1c([C@H]2CC(=O)N(c3ccc(CCCC)cc3)C2)nc2ccccc21. The van der Waals surface area contributed by atoms with Crippen molar-refractivity contribution < 1.29 is 4.79 Å². The molecule has 1 aliphatic heterocycles. The Bertz CT molecular complexity index is 987. The first-order chi connectivity index (χ1) is 13.7. The third kappa shape index (κ3) is 3.47. The fourth-order valence-electron chi connectivity index (χ4n) is 4.08. The van der Waals surface area contributed by atoms with Crippen molar-refractivity contribution in [1.82, 2.24) is 9.55 Å². The highest BCUT2D eigenvalue weighted by molar-refractivity contribution is 5.96. The number of hydrogen-bond acceptors (Lipinski definition) is 2. The van der Waals surface area contributed by atoms with Crippen molar-refractivity contribution in [2.45, 2.75) is 45.1 Å². The van der Waals surface area contributed by atoms with Gasteiger partial charge in [0.1, 0.15) is 5.82 Å². The van der Waals surface area contributed by atoms with Gasteiger partial charge in [0.2, 0.25) is 5.91 Å². The first kappa shape index (κ1) is 18.5. The van der Waals surface area contributed by atoms with Crippen LogP contribution in [0.15, 0.2) is 61.2 Å². The van der Waals surface area contributed by atoms with E-state index < -0.39 is 0 Å². The minimum Gasteiger partial charge on any atom is -0.324 e. The first-order valence-corrected chi connectivity index (χ1v) is 10.2. The van der Waals surface area contributed by atoms with Crippen molar-refractivity contribution >= 4 is 22.6 Å². The Balaban J connectivity index is 1.59. The number of hydrogen-bond donors (Lipinski definition) is 0. The molecular weight excluding hydrogens is 346 g/mol. The number of fused-ring (bicyclic) bond motifs is 1. The molecular formula is C24H27N3O. The maximum Gasteiger partial charge on any atom is 0.227 e. The number of aryl methyl sites for hydroxylation is 1. The Morgan fingerprint density at radius 1 is 1.18 bits per heavy atom. The second kappa shape index (κ2) is 8.01. The number of rotatable bonds is 7. The number of aromatic nitrogens is 2. The van der Waals surface area contributed by atoms with E-state index in [-0.39, 0.29) is 11.8 Å². The van der Waals surface area contributed by atoms with Gasteiger partial charge < -0.3 is 9.47 Å². The summed E-state index contributed by atoms with van der Waals surface area (Å²) in [5.74, 6) is 1.25. The smallest absolute Gasteiger partial charge is 0.227 e. The average molecular weight is 374 g/mol. The second-order valence-corrected chi connectivity index (χ2v) is 7.53. The molecule has 1 fully saturated rings. The molecule has 0 aliphatic carbocycles. The van der Waals surface area contributed by atoms with E-state index in [9.17, 15) is 4.79 Å². The molecule has 0 bridgehead atoms. The molecule has 4 rings (SSSR count). The van der Waals surface area contributed by atoms with Crippen LogP contribution in [0, 0.1) is 0 Å². The third-order valence-electron chi connectivity index (χ3n) is 5.55. The number of amides is 1. The molecule has 0 radical (unpaired) electrons. The topological polar surface area (TPSA) is 38.1 Å². The minimum atomic E-state index is 0.0969. The molecule has 0 saturated carbocycles. The fraction of sp³-hybridized carbons (Fsp3) is 0.333. The Morgan fingerprint density at radius 2 is 1.96 bits per heavy atom. The largest absolute Gasteiger partial charge is 0.324 e. The molecule has 2 aromatic carbocycles. The molecule has 0 spiro atoms. The van der Waals surface area contributed by atoms with Gasteiger partial charge >= 0.3 is 0 Å². The lowest BCUT2D eigenvalue weighted by molar-refractivity contribution is -0.117. The number of allylic oxidation sites excluding steroid dienone is 1. The number of benzene rings is 2. The van der Waals surface area contributed by atoms with Crippen LogP contribution in [0.1, 0.15) is 43.5 Å². The van der Waals surface area contributed by atoms with Crippen LogP contribution in [-0.4, -0.2) is 22.0 Å². The number of unbranched alkanes of at least 4 members (excludes halogenated alkanes) is 1. The van der Waals surface area contributed by atoms with Gasteiger partial charge in [0.15, 0.2) is 0 Å². The number of imidazole rings is 1. The van der Waals surface area contributed by atoms with Crippen LogP contribution < -0.4 is 4.90 Å². The average Bonchev–Trinajstić information content (AvgIpc) is 3.28. The van der Waals surface area contributed by atoms with Gasteiger partial charge in [-0.1, -0.05) is 43.7 Å². The van der Waals surface area contributed by atoms with Gasteiger partial charge in [-0.15, -0.1) is 6.58 Å². The summed E-state index contributed by atoms with van der Waals surface area (Å²) < 4.78 is 2.19. The predicted molar refractivity (Wildman–Crippen MR) is 115 cm³/mol. The van der Waals surface area contributed by atoms with Crippen LogP contribution in [0.4, 0.5) is 5.69 Å². The van der Waals surface area contributed by atoms with Gasteiger partial charge in [-0.3, -0.25) is 4.79 Å². The summed E-state index contributed by atoms with van der Waals surface area (Å²) in [5.41, 5.74) is 4.40. The Labute approximate surface area is 166 Å². The standard InChI is InChI=1S/C24H27N3O/c1-3-5-8-18-11-13-20(14-12-18)27-17-19(16-23(27)28)24-25-21-9-6-7-10-22(21)26(24)15-4-2/h4,6-7,9-14,19H,2-3,5,8,15-17H2,1H3/t19-/m0/s1. The fourth-order valence-corrected chi connectivity index (χ4v) is 4.08. The van der Waals surface area contributed by atoms with Crippen LogP contribution in [0.3, 0.4) is 0 Å². The molecule has 1 aliphatic rings. The third-order valence-corrected chi connectivity index (χ3v) is 5.55. The van der Waals surface area contributed by atoms with Gasteiger partial charge in [0.25, 0.3) is 0 Å². The van der Waals surface area contributed by atoms with E-state index in [2.05, 4.69) is 48.4 Å². The van der Waals surface area contributed by atoms with Crippen molar-refractivity contribution in [2.24, 2.45) is 0 Å². The molecule has 1 saturated heterocycles. The van der Waals surface area contributed by atoms with Crippen LogP contribution in [0.5, 0.6) is 0 Å². The summed E-state index contributed by atoms with van der Waals surface area (Å²) >= 11 is 0. The van der Waals surface area contributed by atoms with Crippen LogP contribution in [0.2, 0.25) is 0 Å². The van der Waals surface area contributed by atoms with Crippen molar-refractivity contribution in [3.8, 4) is 0 Å². The summed E-state index contributed by atoms with van der Waals surface area (Å²) in [6.45, 7) is 7.47. The van der Waals surface area contributed by atoms with Crippen molar-refractivity contribution in [2.75, 3.05) is 11.4 Å². The highest BCUT2D eigenvalue weighted by Gasteiger charge is 2.34. The Morgan fingerprint density at radius 3 is 2.71 bits per heavy atom. The normalized spacial score (nSPS) is 16.8. The molecule has 1 atom stereocenters. The lowest BCUT2D eigenvalue weighted by Gasteiger charge is -2.17. The summed E-state index contributed by atoms with van der Waals surface area (Å²) in [6.07, 6.45) is 5.88. The highest BCUT2D eigenvalue weighted by Crippen LogP contribution is 2.33. The van der Waals surface area contributed by atoms with E-state index in [4.69, 9.17) is 4.98 Å². The molecule has 0 N–H and O–H groups in total. The van der Waals surface area contributed by atoms with Gasteiger partial charge in [-0.05, 0) is 42.7 Å². The molecule has 2 heterocycles. The van der Waals surface area contributed by atoms with Crippen molar-refractivity contribution in [3.63, 3.8) is 0 Å². The van der Waals surface area contributed by atoms with Crippen LogP contribution in [-0.2, 0) is 17.8 Å².